The molecule has 0 saturated carbocycles. The van der Waals surface area contributed by atoms with Crippen LogP contribution in [0.15, 0.2) is 23.2 Å². The Morgan fingerprint density at radius 3 is 2.67 bits per heavy atom. The van der Waals surface area contributed by atoms with Gasteiger partial charge in [0.2, 0.25) is 0 Å². The SMILES string of the molecule is CCNC(=NCc1ccc(C)cc1OCCOCC)NCC(F)F. The molecule has 0 unspecified atom stereocenters. The summed E-state index contributed by atoms with van der Waals surface area (Å²) in [7, 11) is 0. The van der Waals surface area contributed by atoms with Crippen molar-refractivity contribution in [1.29, 1.82) is 0 Å². The molecule has 0 fully saturated rings. The van der Waals surface area contributed by atoms with Crippen LogP contribution < -0.4 is 15.4 Å². The van der Waals surface area contributed by atoms with E-state index in [1.165, 1.54) is 0 Å². The number of benzene rings is 1. The van der Waals surface area contributed by atoms with E-state index in [4.69, 9.17) is 9.47 Å². The summed E-state index contributed by atoms with van der Waals surface area (Å²) in [5.41, 5.74) is 1.98. The summed E-state index contributed by atoms with van der Waals surface area (Å²) in [5.74, 6) is 1.10. The van der Waals surface area contributed by atoms with Gasteiger partial charge in [0.1, 0.15) is 12.4 Å². The fourth-order valence-electron chi connectivity index (χ4n) is 1.96. The molecule has 136 valence electrons. The molecule has 0 bridgehead atoms. The van der Waals surface area contributed by atoms with E-state index < -0.39 is 13.0 Å². The van der Waals surface area contributed by atoms with Crippen LogP contribution in [0.1, 0.15) is 25.0 Å². The van der Waals surface area contributed by atoms with Crippen molar-refractivity contribution in [3.05, 3.63) is 29.3 Å². The molecule has 5 nitrogen and oxygen atoms in total. The second kappa shape index (κ2) is 11.6. The molecular weight excluding hydrogens is 316 g/mol. The maximum absolute atomic E-state index is 12.3. The summed E-state index contributed by atoms with van der Waals surface area (Å²) < 4.78 is 35.7. The van der Waals surface area contributed by atoms with Crippen molar-refractivity contribution in [2.75, 3.05) is 32.9 Å². The highest BCUT2D eigenvalue weighted by Gasteiger charge is 2.07. The van der Waals surface area contributed by atoms with Gasteiger partial charge in [0, 0.05) is 18.7 Å². The number of nitrogens with zero attached hydrogens (tertiary/aromatic N) is 1. The third-order valence-corrected chi connectivity index (χ3v) is 3.09. The minimum atomic E-state index is -2.43. The lowest BCUT2D eigenvalue weighted by Gasteiger charge is -2.13. The van der Waals surface area contributed by atoms with Gasteiger partial charge >= 0.3 is 0 Å². The molecule has 24 heavy (non-hydrogen) atoms. The number of rotatable bonds is 10. The first-order valence-electron chi connectivity index (χ1n) is 8.17. The number of alkyl halides is 2. The minimum absolute atomic E-state index is 0.336. The molecule has 0 heterocycles. The topological polar surface area (TPSA) is 54.9 Å². The van der Waals surface area contributed by atoms with Crippen molar-refractivity contribution in [2.45, 2.75) is 33.7 Å². The molecule has 0 spiro atoms. The van der Waals surface area contributed by atoms with Crippen LogP contribution in [0.25, 0.3) is 0 Å². The quantitative estimate of drug-likeness (QED) is 0.390. The van der Waals surface area contributed by atoms with Gasteiger partial charge in [0.25, 0.3) is 6.43 Å². The molecule has 1 rings (SSSR count). The summed E-state index contributed by atoms with van der Waals surface area (Å²) >= 11 is 0. The predicted molar refractivity (Wildman–Crippen MR) is 92.0 cm³/mol. The number of ether oxygens (including phenoxy) is 2. The lowest BCUT2D eigenvalue weighted by atomic mass is 10.1. The van der Waals surface area contributed by atoms with E-state index in [0.29, 0.717) is 38.9 Å². The maximum atomic E-state index is 12.3. The van der Waals surface area contributed by atoms with Crippen LogP contribution in [0.3, 0.4) is 0 Å². The number of aliphatic imine (C=N–C) groups is 1. The molecule has 7 heteroatoms. The van der Waals surface area contributed by atoms with Crippen LogP contribution >= 0.6 is 0 Å². The zero-order valence-corrected chi connectivity index (χ0v) is 14.6. The van der Waals surface area contributed by atoms with Crippen molar-refractivity contribution in [3.63, 3.8) is 0 Å². The van der Waals surface area contributed by atoms with Crippen molar-refractivity contribution >= 4 is 5.96 Å². The van der Waals surface area contributed by atoms with Gasteiger partial charge in [-0.15, -0.1) is 0 Å². The molecule has 0 aliphatic heterocycles. The van der Waals surface area contributed by atoms with Crippen molar-refractivity contribution in [1.82, 2.24) is 10.6 Å². The van der Waals surface area contributed by atoms with Gasteiger partial charge in [-0.05, 0) is 32.4 Å². The maximum Gasteiger partial charge on any atom is 0.255 e. The third kappa shape index (κ3) is 8.10. The Bertz CT molecular complexity index is 511. The smallest absolute Gasteiger partial charge is 0.255 e. The monoisotopic (exact) mass is 343 g/mol. The molecule has 0 aliphatic rings. The normalized spacial score (nSPS) is 11.7. The van der Waals surface area contributed by atoms with Gasteiger partial charge in [0.05, 0.1) is 19.7 Å². The Labute approximate surface area is 142 Å². The van der Waals surface area contributed by atoms with E-state index in [2.05, 4.69) is 15.6 Å². The highest BCUT2D eigenvalue weighted by Crippen LogP contribution is 2.21. The molecule has 1 aromatic rings. The average molecular weight is 343 g/mol. The zero-order chi connectivity index (χ0) is 17.8. The molecule has 0 aromatic heterocycles. The van der Waals surface area contributed by atoms with Gasteiger partial charge < -0.3 is 20.1 Å². The second-order valence-corrected chi connectivity index (χ2v) is 5.12. The Kier molecular flexibility index (Phi) is 9.76. The molecule has 0 amide bonds. The van der Waals surface area contributed by atoms with Gasteiger partial charge in [-0.1, -0.05) is 12.1 Å². The number of hydrogen-bond acceptors (Lipinski definition) is 3. The van der Waals surface area contributed by atoms with Gasteiger partial charge in [-0.2, -0.15) is 0 Å². The van der Waals surface area contributed by atoms with E-state index in [0.717, 1.165) is 16.9 Å². The molecule has 2 N–H and O–H groups in total. The second-order valence-electron chi connectivity index (χ2n) is 5.12. The number of aryl methyl sites for hydroxylation is 1. The Balaban J connectivity index is 2.73. The van der Waals surface area contributed by atoms with Crippen LogP contribution in [0.4, 0.5) is 8.78 Å². The molecule has 0 radical (unpaired) electrons. The lowest BCUT2D eigenvalue weighted by molar-refractivity contribution is 0.110. The van der Waals surface area contributed by atoms with Gasteiger partial charge in [-0.25, -0.2) is 13.8 Å². The largest absolute Gasteiger partial charge is 0.491 e. The zero-order valence-electron chi connectivity index (χ0n) is 14.6. The summed E-state index contributed by atoms with van der Waals surface area (Å²) in [5, 5.41) is 5.55. The van der Waals surface area contributed by atoms with Crippen molar-refractivity contribution in [3.8, 4) is 5.75 Å². The van der Waals surface area contributed by atoms with Crippen LogP contribution in [0.5, 0.6) is 5.75 Å². The highest BCUT2D eigenvalue weighted by molar-refractivity contribution is 5.79. The van der Waals surface area contributed by atoms with E-state index in [1.54, 1.807) is 0 Å². The van der Waals surface area contributed by atoms with Crippen LogP contribution in [0.2, 0.25) is 0 Å². The molecule has 0 saturated heterocycles. The predicted octanol–water partition coefficient (Wildman–Crippen LogP) is 2.73. The first-order valence-corrected chi connectivity index (χ1v) is 8.17. The van der Waals surface area contributed by atoms with E-state index in [1.807, 2.05) is 39.0 Å². The third-order valence-electron chi connectivity index (χ3n) is 3.09. The van der Waals surface area contributed by atoms with E-state index in [9.17, 15) is 8.78 Å². The van der Waals surface area contributed by atoms with Crippen LogP contribution in [-0.4, -0.2) is 45.3 Å². The minimum Gasteiger partial charge on any atom is -0.491 e. The molecular formula is C17H27F2N3O2. The number of halogens is 2. The number of hydrogen-bond donors (Lipinski definition) is 2. The average Bonchev–Trinajstić information content (AvgIpc) is 2.55. The fourth-order valence-corrected chi connectivity index (χ4v) is 1.96. The van der Waals surface area contributed by atoms with Crippen molar-refractivity contribution < 1.29 is 18.3 Å². The number of guanidine groups is 1. The Morgan fingerprint density at radius 1 is 1.21 bits per heavy atom. The van der Waals surface area contributed by atoms with E-state index in [-0.39, 0.29) is 0 Å². The first-order chi connectivity index (χ1) is 11.6. The van der Waals surface area contributed by atoms with Crippen LogP contribution in [-0.2, 0) is 11.3 Å². The van der Waals surface area contributed by atoms with E-state index >= 15 is 0 Å². The standard InChI is InChI=1S/C17H27F2N3O2/c1-4-20-17(22-12-16(18)19)21-11-14-7-6-13(3)10-15(14)24-9-8-23-5-2/h6-7,10,16H,4-5,8-9,11-12H2,1-3H3,(H2,20,21,22). The summed E-state index contributed by atoms with van der Waals surface area (Å²) in [6.07, 6.45) is -2.43. The molecule has 0 aliphatic carbocycles. The van der Waals surface area contributed by atoms with Crippen LogP contribution in [0, 0.1) is 6.92 Å². The Hall–Kier alpha value is -1.89. The lowest BCUT2D eigenvalue weighted by Crippen LogP contribution is -2.39. The number of nitrogens with one attached hydrogen (secondary N) is 2. The fraction of sp³-hybridized carbons (Fsp3) is 0.588. The van der Waals surface area contributed by atoms with Gasteiger partial charge in [-0.3, -0.25) is 0 Å². The summed E-state index contributed by atoms with van der Waals surface area (Å²) in [6, 6.07) is 5.85. The molecule has 0 atom stereocenters. The van der Waals surface area contributed by atoms with Gasteiger partial charge in [0.15, 0.2) is 5.96 Å². The van der Waals surface area contributed by atoms with Crippen molar-refractivity contribution in [2.24, 2.45) is 4.99 Å². The Morgan fingerprint density at radius 2 is 2.00 bits per heavy atom. The molecule has 1 aromatic carbocycles. The first kappa shape index (κ1) is 20.2. The summed E-state index contributed by atoms with van der Waals surface area (Å²) in [6.45, 7) is 7.92. The highest BCUT2D eigenvalue weighted by atomic mass is 19.3. The summed E-state index contributed by atoms with van der Waals surface area (Å²) in [4.78, 5) is 4.34.